The van der Waals surface area contributed by atoms with Crippen molar-refractivity contribution in [3.8, 4) is 0 Å². The minimum atomic E-state index is 0. The third-order valence-electron chi connectivity index (χ3n) is 0. The van der Waals surface area contributed by atoms with Crippen LogP contribution in [-0.2, 0) is 0 Å². The van der Waals surface area contributed by atoms with E-state index in [2.05, 4.69) is 0 Å². The summed E-state index contributed by atoms with van der Waals surface area (Å²) in [5.74, 6) is 0. The van der Waals surface area contributed by atoms with Crippen molar-refractivity contribution in [1.29, 1.82) is 0 Å². The Morgan fingerprint density at radius 3 is 1.00 bits per heavy atom. The van der Waals surface area contributed by atoms with Gasteiger partial charge >= 0.3 is 67.3 Å². The second-order valence-corrected chi connectivity index (χ2v) is 0. The molecule has 22 valence electrons. The molecule has 0 amide bonds. The van der Waals surface area contributed by atoms with Gasteiger partial charge < -0.3 is 5.48 Å². The molecule has 0 bridgehead atoms. The van der Waals surface area contributed by atoms with E-state index < -0.39 is 0 Å². The van der Waals surface area contributed by atoms with Crippen LogP contribution in [0.1, 0.15) is 0 Å². The van der Waals surface area contributed by atoms with Crippen molar-refractivity contribution in [3.63, 3.8) is 0 Å². The van der Waals surface area contributed by atoms with E-state index in [1.165, 1.54) is 0 Å². The SMILES string of the molecule is Cl.O.[CaH2].[NaH]. The Labute approximate surface area is 83.5 Å². The average molecular weight is 121 g/mol. The molecule has 0 aromatic rings. The average Bonchev–Trinajstić information content (AvgIpc) is 0. The Morgan fingerprint density at radius 2 is 1.00 bits per heavy atom. The van der Waals surface area contributed by atoms with E-state index in [0.717, 1.165) is 0 Å². The Hall–Kier alpha value is 2.51. The van der Waals surface area contributed by atoms with Gasteiger partial charge in [0.15, 0.2) is 0 Å². The molecule has 0 aliphatic heterocycles. The van der Waals surface area contributed by atoms with Gasteiger partial charge in [0.1, 0.15) is 0 Å². The monoisotopic (exact) mass is 120 g/mol. The van der Waals surface area contributed by atoms with Crippen LogP contribution in [0.15, 0.2) is 0 Å². The van der Waals surface area contributed by atoms with Crippen LogP contribution in [0.2, 0.25) is 0 Å². The summed E-state index contributed by atoms with van der Waals surface area (Å²) >= 11 is 0. The molecular weight excluding hydrogens is 115 g/mol. The summed E-state index contributed by atoms with van der Waals surface area (Å²) < 4.78 is 0. The van der Waals surface area contributed by atoms with E-state index in [4.69, 9.17) is 0 Å². The molecule has 0 fully saturated rings. The molecule has 0 rings (SSSR count). The summed E-state index contributed by atoms with van der Waals surface area (Å²) in [5, 5.41) is 0. The second kappa shape index (κ2) is 17.8. The van der Waals surface area contributed by atoms with Crippen molar-refractivity contribution in [3.05, 3.63) is 0 Å². The topological polar surface area (TPSA) is 31.5 Å². The van der Waals surface area contributed by atoms with Crippen LogP contribution >= 0.6 is 12.4 Å². The van der Waals surface area contributed by atoms with E-state index in [-0.39, 0.29) is 85.2 Å². The number of rotatable bonds is 0. The van der Waals surface area contributed by atoms with Gasteiger partial charge in [0, 0.05) is 0 Å². The van der Waals surface area contributed by atoms with Crippen molar-refractivity contribution in [2.75, 3.05) is 0 Å². The zero-order valence-corrected chi connectivity index (χ0v) is 1.72. The van der Waals surface area contributed by atoms with Gasteiger partial charge in [-0.05, 0) is 0 Å². The van der Waals surface area contributed by atoms with Gasteiger partial charge in [-0.2, -0.15) is 0 Å². The predicted octanol–water partition coefficient (Wildman–Crippen LogP) is -1.97. The van der Waals surface area contributed by atoms with Crippen molar-refractivity contribution < 1.29 is 5.48 Å². The molecule has 0 radical (unpaired) electrons. The maximum atomic E-state index is 0. The van der Waals surface area contributed by atoms with Gasteiger partial charge in [0.2, 0.25) is 0 Å². The summed E-state index contributed by atoms with van der Waals surface area (Å²) in [4.78, 5) is 0. The molecule has 0 spiro atoms. The van der Waals surface area contributed by atoms with Crippen LogP contribution in [0.5, 0.6) is 0 Å². The molecule has 0 atom stereocenters. The predicted molar refractivity (Wildman–Crippen MR) is 26.6 cm³/mol. The summed E-state index contributed by atoms with van der Waals surface area (Å²) in [7, 11) is 0. The van der Waals surface area contributed by atoms with E-state index in [1.807, 2.05) is 0 Å². The summed E-state index contributed by atoms with van der Waals surface area (Å²) in [6.45, 7) is 0. The van der Waals surface area contributed by atoms with Crippen LogP contribution in [0, 0.1) is 0 Å². The van der Waals surface area contributed by atoms with Crippen molar-refractivity contribution in [2.24, 2.45) is 0 Å². The normalized spacial score (nSPS) is 0. The van der Waals surface area contributed by atoms with Crippen LogP contribution in [0.25, 0.3) is 0 Å². The van der Waals surface area contributed by atoms with Crippen LogP contribution < -0.4 is 0 Å². The molecule has 0 aliphatic carbocycles. The molecule has 1 nitrogen and oxygen atoms in total. The van der Waals surface area contributed by atoms with Crippen molar-refractivity contribution >= 4 is 79.7 Å². The fourth-order valence-corrected chi connectivity index (χ4v) is 0. The van der Waals surface area contributed by atoms with Crippen molar-refractivity contribution in [2.45, 2.75) is 0 Å². The van der Waals surface area contributed by atoms with Gasteiger partial charge in [-0.25, -0.2) is 0 Å². The van der Waals surface area contributed by atoms with Gasteiger partial charge in [-0.15, -0.1) is 12.4 Å². The third kappa shape index (κ3) is 8.82. The second-order valence-electron chi connectivity index (χ2n) is 0. The minimum absolute atomic E-state index is 0. The molecule has 4 heteroatoms. The molecule has 4 heavy (non-hydrogen) atoms. The molecule has 0 saturated heterocycles. The molecular formula is H6CaClNaO. The first-order valence-electron chi connectivity index (χ1n) is 0. The molecule has 0 saturated carbocycles. The quantitative estimate of drug-likeness (QED) is 0.333. The summed E-state index contributed by atoms with van der Waals surface area (Å²) in [6, 6.07) is 0. The molecule has 0 aromatic carbocycles. The summed E-state index contributed by atoms with van der Waals surface area (Å²) in [5.41, 5.74) is 0. The van der Waals surface area contributed by atoms with E-state index >= 15 is 0 Å². The Kier molecular flexibility index (Phi) is 140. The fourth-order valence-electron chi connectivity index (χ4n) is 0. The van der Waals surface area contributed by atoms with Crippen LogP contribution in [-0.4, -0.2) is 72.8 Å². The molecule has 2 N–H and O–H groups in total. The van der Waals surface area contributed by atoms with Crippen LogP contribution in [0.3, 0.4) is 0 Å². The fraction of sp³-hybridized carbons (Fsp3) is 0. The van der Waals surface area contributed by atoms with Gasteiger partial charge in [0.25, 0.3) is 0 Å². The maximum absolute atomic E-state index is 0. The Bertz CT molecular complexity index is 8.00. The zero-order chi connectivity index (χ0) is 0. The molecule has 0 unspecified atom stereocenters. The first-order chi connectivity index (χ1) is 0. The Morgan fingerprint density at radius 1 is 1.00 bits per heavy atom. The molecule has 0 heterocycles. The van der Waals surface area contributed by atoms with Crippen LogP contribution in [0.4, 0.5) is 0 Å². The van der Waals surface area contributed by atoms with Gasteiger partial charge in [0.05, 0.1) is 0 Å². The van der Waals surface area contributed by atoms with Crippen molar-refractivity contribution in [1.82, 2.24) is 0 Å². The summed E-state index contributed by atoms with van der Waals surface area (Å²) in [6.07, 6.45) is 0. The number of halogens is 1. The molecule has 0 aliphatic rings. The Balaban J connectivity index is 0. The standard InChI is InChI=1S/Ca.ClH.Na.H2O.3H/h;1H;;1H2;;;. The van der Waals surface area contributed by atoms with Gasteiger partial charge in [-0.1, -0.05) is 0 Å². The molecule has 0 aromatic heterocycles. The zero-order valence-electron chi connectivity index (χ0n) is 0.908. The first kappa shape index (κ1) is 31.4. The number of hydrogen-bond donors (Lipinski definition) is 0. The van der Waals surface area contributed by atoms with E-state index in [0.29, 0.717) is 0 Å². The van der Waals surface area contributed by atoms with Gasteiger partial charge in [-0.3, -0.25) is 0 Å². The van der Waals surface area contributed by atoms with E-state index in [9.17, 15) is 0 Å². The number of hydrogen-bond acceptors (Lipinski definition) is 0. The van der Waals surface area contributed by atoms with E-state index in [1.54, 1.807) is 0 Å². The third-order valence-corrected chi connectivity index (χ3v) is 0. The first-order valence-corrected chi connectivity index (χ1v) is 0.